The van der Waals surface area contributed by atoms with E-state index in [-0.39, 0.29) is 11.8 Å². The van der Waals surface area contributed by atoms with Crippen molar-refractivity contribution in [2.75, 3.05) is 5.32 Å². The maximum atomic E-state index is 12.4. The van der Waals surface area contributed by atoms with Crippen LogP contribution in [0.2, 0.25) is 0 Å². The molecule has 0 spiro atoms. The zero-order valence-electron chi connectivity index (χ0n) is 13.8. The van der Waals surface area contributed by atoms with Crippen LogP contribution in [0, 0.1) is 0 Å². The Morgan fingerprint density at radius 1 is 1.12 bits per heavy atom. The molecule has 0 bridgehead atoms. The number of aromatic nitrogens is 3. The van der Waals surface area contributed by atoms with Gasteiger partial charge in [-0.25, -0.2) is 0 Å². The van der Waals surface area contributed by atoms with Crippen LogP contribution >= 0.6 is 15.9 Å². The van der Waals surface area contributed by atoms with E-state index in [1.54, 1.807) is 48.8 Å². The average molecular weight is 401 g/mol. The number of pyridine rings is 1. The molecule has 0 radical (unpaired) electrons. The zero-order chi connectivity index (χ0) is 17.8. The lowest BCUT2D eigenvalue weighted by Crippen LogP contribution is -2.13. The van der Waals surface area contributed by atoms with Gasteiger partial charge in [-0.15, -0.1) is 0 Å². The number of carbonyl (C=O) groups is 1. The van der Waals surface area contributed by atoms with E-state index in [1.807, 2.05) is 13.8 Å². The van der Waals surface area contributed by atoms with Gasteiger partial charge < -0.3 is 10.1 Å². The molecule has 2 N–H and O–H groups in total. The highest BCUT2D eigenvalue weighted by molar-refractivity contribution is 9.10. The number of aromatic amines is 1. The Kier molecular flexibility index (Phi) is 5.14. The number of nitrogens with zero attached hydrogens (tertiary/aromatic N) is 2. The number of hydrogen-bond acceptors (Lipinski definition) is 4. The molecular formula is C18H17BrN4O2. The van der Waals surface area contributed by atoms with Crippen molar-refractivity contribution in [3.8, 4) is 11.5 Å². The molecule has 128 valence electrons. The van der Waals surface area contributed by atoms with Crippen molar-refractivity contribution in [2.24, 2.45) is 0 Å². The molecule has 6 nitrogen and oxygen atoms in total. The van der Waals surface area contributed by atoms with Gasteiger partial charge in [0.2, 0.25) is 0 Å². The molecule has 0 aliphatic carbocycles. The van der Waals surface area contributed by atoms with Gasteiger partial charge in [-0.2, -0.15) is 5.10 Å². The maximum absolute atomic E-state index is 12.4. The summed E-state index contributed by atoms with van der Waals surface area (Å²) in [4.78, 5) is 16.3. The summed E-state index contributed by atoms with van der Waals surface area (Å²) in [7, 11) is 0. The number of anilines is 1. The summed E-state index contributed by atoms with van der Waals surface area (Å²) in [6, 6.07) is 10.7. The molecule has 2 heterocycles. The van der Waals surface area contributed by atoms with Gasteiger partial charge in [-0.05, 0) is 58.2 Å². The molecule has 2 aromatic heterocycles. The minimum atomic E-state index is -0.280. The fraction of sp³-hybridized carbons (Fsp3) is 0.167. The summed E-state index contributed by atoms with van der Waals surface area (Å²) in [5.41, 5.74) is 1.89. The van der Waals surface area contributed by atoms with Gasteiger partial charge in [0.25, 0.3) is 5.91 Å². The van der Waals surface area contributed by atoms with Crippen LogP contribution in [0.5, 0.6) is 11.5 Å². The third-order valence-corrected chi connectivity index (χ3v) is 4.33. The van der Waals surface area contributed by atoms with Crippen molar-refractivity contribution in [1.82, 2.24) is 15.2 Å². The van der Waals surface area contributed by atoms with Crippen molar-refractivity contribution < 1.29 is 9.53 Å². The van der Waals surface area contributed by atoms with E-state index < -0.39 is 0 Å². The number of hydrogen-bond donors (Lipinski definition) is 2. The van der Waals surface area contributed by atoms with Gasteiger partial charge >= 0.3 is 0 Å². The monoisotopic (exact) mass is 400 g/mol. The van der Waals surface area contributed by atoms with E-state index in [2.05, 4.69) is 36.4 Å². The summed E-state index contributed by atoms with van der Waals surface area (Å²) < 4.78 is 6.39. The predicted octanol–water partition coefficient (Wildman–Crippen LogP) is 4.74. The topological polar surface area (TPSA) is 79.9 Å². The van der Waals surface area contributed by atoms with Crippen LogP contribution in [0.15, 0.2) is 53.3 Å². The molecule has 0 aliphatic rings. The SMILES string of the molecule is CC(C)c1[nH]nc(C(=O)Nc2ccc(Oc3ccncc3)cc2)c1Br. The number of halogens is 1. The Morgan fingerprint density at radius 2 is 1.76 bits per heavy atom. The van der Waals surface area contributed by atoms with Crippen LogP contribution < -0.4 is 10.1 Å². The quantitative estimate of drug-likeness (QED) is 0.648. The third-order valence-electron chi connectivity index (χ3n) is 3.52. The summed E-state index contributed by atoms with van der Waals surface area (Å²) in [5, 5.41) is 9.81. The average Bonchev–Trinajstić information content (AvgIpc) is 2.99. The number of H-pyrrole nitrogens is 1. The molecule has 0 fully saturated rings. The predicted molar refractivity (Wildman–Crippen MR) is 99.1 cm³/mol. The zero-order valence-corrected chi connectivity index (χ0v) is 15.4. The molecule has 3 aromatic rings. The Balaban J connectivity index is 1.68. The highest BCUT2D eigenvalue weighted by Crippen LogP contribution is 2.27. The highest BCUT2D eigenvalue weighted by Gasteiger charge is 2.19. The Labute approximate surface area is 153 Å². The van der Waals surface area contributed by atoms with E-state index in [4.69, 9.17) is 4.74 Å². The first-order valence-electron chi connectivity index (χ1n) is 7.77. The van der Waals surface area contributed by atoms with Crippen LogP contribution in [0.4, 0.5) is 5.69 Å². The van der Waals surface area contributed by atoms with Crippen LogP contribution in [-0.4, -0.2) is 21.1 Å². The molecule has 0 aliphatic heterocycles. The van der Waals surface area contributed by atoms with Gasteiger partial charge in [0.1, 0.15) is 11.5 Å². The first-order chi connectivity index (χ1) is 12.0. The van der Waals surface area contributed by atoms with Crippen molar-refractivity contribution in [1.29, 1.82) is 0 Å². The number of rotatable bonds is 5. The molecule has 7 heteroatoms. The molecular weight excluding hydrogens is 384 g/mol. The standard InChI is InChI=1S/C18H17BrN4O2/c1-11(2)16-15(19)17(23-22-16)18(24)21-12-3-5-13(6-4-12)25-14-7-9-20-10-8-14/h3-11H,1-2H3,(H,21,24)(H,22,23). The lowest BCUT2D eigenvalue weighted by atomic mass is 10.1. The van der Waals surface area contributed by atoms with Crippen LogP contribution in [-0.2, 0) is 0 Å². The van der Waals surface area contributed by atoms with E-state index >= 15 is 0 Å². The number of carbonyl (C=O) groups excluding carboxylic acids is 1. The highest BCUT2D eigenvalue weighted by atomic mass is 79.9. The van der Waals surface area contributed by atoms with Crippen molar-refractivity contribution >= 4 is 27.5 Å². The Morgan fingerprint density at radius 3 is 2.36 bits per heavy atom. The normalized spacial score (nSPS) is 10.7. The number of benzene rings is 1. The first kappa shape index (κ1) is 17.2. The van der Waals surface area contributed by atoms with Crippen LogP contribution in [0.3, 0.4) is 0 Å². The van der Waals surface area contributed by atoms with E-state index in [0.717, 1.165) is 5.69 Å². The van der Waals surface area contributed by atoms with Crippen molar-refractivity contribution in [3.05, 3.63) is 64.7 Å². The molecule has 0 saturated heterocycles. The second kappa shape index (κ2) is 7.48. The van der Waals surface area contributed by atoms with E-state index in [1.165, 1.54) is 0 Å². The molecule has 0 atom stereocenters. The number of ether oxygens (including phenoxy) is 1. The fourth-order valence-corrected chi connectivity index (χ4v) is 3.03. The smallest absolute Gasteiger partial charge is 0.277 e. The first-order valence-corrected chi connectivity index (χ1v) is 8.57. The second-order valence-electron chi connectivity index (χ2n) is 5.72. The molecule has 1 amide bonds. The maximum Gasteiger partial charge on any atom is 0.277 e. The van der Waals surface area contributed by atoms with Crippen LogP contribution in [0.1, 0.15) is 35.9 Å². The summed E-state index contributed by atoms with van der Waals surface area (Å²) in [5.74, 6) is 1.34. The molecule has 3 rings (SSSR count). The van der Waals surface area contributed by atoms with Gasteiger partial charge in [0.05, 0.1) is 10.2 Å². The molecule has 0 unspecified atom stereocenters. The van der Waals surface area contributed by atoms with Gasteiger partial charge in [-0.1, -0.05) is 13.8 Å². The van der Waals surface area contributed by atoms with E-state index in [0.29, 0.717) is 27.4 Å². The molecule has 1 aromatic carbocycles. The lowest BCUT2D eigenvalue weighted by Gasteiger charge is -2.07. The number of amides is 1. The largest absolute Gasteiger partial charge is 0.457 e. The lowest BCUT2D eigenvalue weighted by molar-refractivity contribution is 0.102. The van der Waals surface area contributed by atoms with Crippen molar-refractivity contribution in [2.45, 2.75) is 19.8 Å². The molecule has 25 heavy (non-hydrogen) atoms. The van der Waals surface area contributed by atoms with Gasteiger partial charge in [0.15, 0.2) is 5.69 Å². The summed E-state index contributed by atoms with van der Waals surface area (Å²) in [6.07, 6.45) is 3.33. The van der Waals surface area contributed by atoms with Gasteiger partial charge in [0, 0.05) is 18.1 Å². The van der Waals surface area contributed by atoms with Crippen LogP contribution in [0.25, 0.3) is 0 Å². The van der Waals surface area contributed by atoms with E-state index in [9.17, 15) is 4.79 Å². The fourth-order valence-electron chi connectivity index (χ4n) is 2.21. The molecule has 0 saturated carbocycles. The second-order valence-corrected chi connectivity index (χ2v) is 6.51. The minimum absolute atomic E-state index is 0.244. The van der Waals surface area contributed by atoms with Gasteiger partial charge in [-0.3, -0.25) is 14.9 Å². The summed E-state index contributed by atoms with van der Waals surface area (Å²) in [6.45, 7) is 4.06. The Bertz CT molecular complexity index is 861. The minimum Gasteiger partial charge on any atom is -0.457 e. The third kappa shape index (κ3) is 4.06. The Hall–Kier alpha value is -2.67. The van der Waals surface area contributed by atoms with Crippen molar-refractivity contribution in [3.63, 3.8) is 0 Å². The number of nitrogens with one attached hydrogen (secondary N) is 2. The summed E-state index contributed by atoms with van der Waals surface area (Å²) >= 11 is 3.43.